The van der Waals surface area contributed by atoms with Crippen molar-refractivity contribution in [1.29, 1.82) is 0 Å². The summed E-state index contributed by atoms with van der Waals surface area (Å²) in [6.07, 6.45) is -0.894. The van der Waals surface area contributed by atoms with Gasteiger partial charge in [0, 0.05) is 13.1 Å². The smallest absolute Gasteiger partial charge is 0.401 e. The summed E-state index contributed by atoms with van der Waals surface area (Å²) < 4.78 is 42.0. The monoisotopic (exact) mass is 333 g/mol. The highest BCUT2D eigenvalue weighted by molar-refractivity contribution is 5.89. The van der Waals surface area contributed by atoms with Crippen molar-refractivity contribution in [1.82, 2.24) is 20.2 Å². The Morgan fingerprint density at radius 1 is 1.52 bits per heavy atom. The fourth-order valence-corrected chi connectivity index (χ4v) is 2.43. The number of methoxy groups -OCH3 is 1. The van der Waals surface area contributed by atoms with Crippen molar-refractivity contribution in [2.75, 3.05) is 38.6 Å². The predicted octanol–water partition coefficient (Wildman–Crippen LogP) is 1.49. The second-order valence-electron chi connectivity index (χ2n) is 5.28. The van der Waals surface area contributed by atoms with Gasteiger partial charge in [0.1, 0.15) is 6.33 Å². The SMILES string of the molecule is COc1cncnc1NC(=O)NCC1CCN(CC(F)(F)F)C1. The standard InChI is InChI=1S/C13H18F3N5O2/c1-23-10-5-17-8-19-11(10)20-12(22)18-4-9-2-3-21(6-9)7-13(14,15)16/h5,8-9H,2-4,6-7H2,1H3,(H2,17,18,19,20,22). The number of ether oxygens (including phenoxy) is 1. The van der Waals surface area contributed by atoms with Crippen LogP contribution in [-0.4, -0.2) is 60.4 Å². The lowest BCUT2D eigenvalue weighted by atomic mass is 10.1. The summed E-state index contributed by atoms with van der Waals surface area (Å²) in [6.45, 7) is 0.0885. The van der Waals surface area contributed by atoms with Crippen LogP contribution in [0, 0.1) is 5.92 Å². The summed E-state index contributed by atoms with van der Waals surface area (Å²) in [5.74, 6) is 0.542. The van der Waals surface area contributed by atoms with E-state index in [2.05, 4.69) is 20.6 Å². The Morgan fingerprint density at radius 2 is 2.30 bits per heavy atom. The van der Waals surface area contributed by atoms with Gasteiger partial charge in [-0.05, 0) is 18.9 Å². The molecule has 23 heavy (non-hydrogen) atoms. The van der Waals surface area contributed by atoms with E-state index < -0.39 is 18.8 Å². The molecule has 1 unspecified atom stereocenters. The first-order chi connectivity index (χ1) is 10.9. The van der Waals surface area contributed by atoms with Gasteiger partial charge in [0.15, 0.2) is 11.6 Å². The third-order valence-electron chi connectivity index (χ3n) is 3.45. The van der Waals surface area contributed by atoms with Crippen molar-refractivity contribution < 1.29 is 22.7 Å². The number of halogens is 3. The van der Waals surface area contributed by atoms with Crippen LogP contribution < -0.4 is 15.4 Å². The molecule has 0 bridgehead atoms. The molecule has 2 rings (SSSR count). The zero-order chi connectivity index (χ0) is 16.9. The highest BCUT2D eigenvalue weighted by Crippen LogP contribution is 2.22. The zero-order valence-electron chi connectivity index (χ0n) is 12.6. The summed E-state index contributed by atoms with van der Waals surface area (Å²) in [4.78, 5) is 20.8. The van der Waals surface area contributed by atoms with Gasteiger partial charge in [-0.3, -0.25) is 10.2 Å². The molecule has 1 saturated heterocycles. The van der Waals surface area contributed by atoms with Crippen LogP contribution in [0.25, 0.3) is 0 Å². The van der Waals surface area contributed by atoms with Gasteiger partial charge < -0.3 is 10.1 Å². The summed E-state index contributed by atoms with van der Waals surface area (Å²) in [6, 6.07) is -0.490. The van der Waals surface area contributed by atoms with Gasteiger partial charge in [-0.25, -0.2) is 14.8 Å². The van der Waals surface area contributed by atoms with Crippen molar-refractivity contribution in [3.63, 3.8) is 0 Å². The summed E-state index contributed by atoms with van der Waals surface area (Å²) in [7, 11) is 1.43. The third-order valence-corrected chi connectivity index (χ3v) is 3.45. The molecule has 2 N–H and O–H groups in total. The van der Waals surface area contributed by atoms with Crippen LogP contribution in [0.2, 0.25) is 0 Å². The Bertz CT molecular complexity index is 541. The van der Waals surface area contributed by atoms with Gasteiger partial charge in [-0.15, -0.1) is 0 Å². The molecule has 0 aliphatic carbocycles. The Hall–Kier alpha value is -2.10. The van der Waals surface area contributed by atoms with E-state index in [4.69, 9.17) is 4.74 Å². The molecular weight excluding hydrogens is 315 g/mol. The maximum Gasteiger partial charge on any atom is 0.401 e. The molecule has 2 amide bonds. The number of likely N-dealkylation sites (tertiary alicyclic amines) is 1. The van der Waals surface area contributed by atoms with E-state index in [1.165, 1.54) is 24.5 Å². The Kier molecular flexibility index (Phi) is 5.59. The number of anilines is 1. The number of urea groups is 1. The van der Waals surface area contributed by atoms with Gasteiger partial charge in [0.25, 0.3) is 0 Å². The summed E-state index contributed by atoms with van der Waals surface area (Å²) in [5.41, 5.74) is 0. The largest absolute Gasteiger partial charge is 0.491 e. The van der Waals surface area contributed by atoms with E-state index in [1.54, 1.807) is 0 Å². The molecule has 2 heterocycles. The highest BCUT2D eigenvalue weighted by Gasteiger charge is 2.34. The molecular formula is C13H18F3N5O2. The van der Waals surface area contributed by atoms with E-state index in [1.807, 2.05) is 0 Å². The lowest BCUT2D eigenvalue weighted by Crippen LogP contribution is -2.36. The van der Waals surface area contributed by atoms with Crippen molar-refractivity contribution in [2.24, 2.45) is 5.92 Å². The fraction of sp³-hybridized carbons (Fsp3) is 0.615. The number of hydrogen-bond donors (Lipinski definition) is 2. The molecule has 0 aromatic carbocycles. The molecule has 10 heteroatoms. The fourth-order valence-electron chi connectivity index (χ4n) is 2.43. The highest BCUT2D eigenvalue weighted by atomic mass is 19.4. The second kappa shape index (κ2) is 7.44. The van der Waals surface area contributed by atoms with E-state index in [0.717, 1.165) is 0 Å². The number of aromatic nitrogens is 2. The minimum absolute atomic E-state index is 0.00426. The summed E-state index contributed by atoms with van der Waals surface area (Å²) >= 11 is 0. The first kappa shape index (κ1) is 17.3. The first-order valence-corrected chi connectivity index (χ1v) is 7.05. The van der Waals surface area contributed by atoms with Crippen LogP contribution in [0.5, 0.6) is 5.75 Å². The number of alkyl halides is 3. The number of rotatable bonds is 5. The van der Waals surface area contributed by atoms with E-state index in [-0.39, 0.29) is 11.7 Å². The maximum atomic E-state index is 12.3. The van der Waals surface area contributed by atoms with Crippen molar-refractivity contribution in [2.45, 2.75) is 12.6 Å². The lowest BCUT2D eigenvalue weighted by molar-refractivity contribution is -0.143. The molecule has 128 valence electrons. The van der Waals surface area contributed by atoms with Crippen LogP contribution in [0.4, 0.5) is 23.8 Å². The zero-order valence-corrected chi connectivity index (χ0v) is 12.6. The normalized spacial score (nSPS) is 18.7. The van der Waals surface area contributed by atoms with E-state index in [0.29, 0.717) is 31.8 Å². The minimum atomic E-state index is -4.19. The number of amides is 2. The van der Waals surface area contributed by atoms with Gasteiger partial charge in [-0.2, -0.15) is 13.2 Å². The third kappa shape index (κ3) is 5.55. The van der Waals surface area contributed by atoms with Crippen LogP contribution >= 0.6 is 0 Å². The molecule has 1 aromatic heterocycles. The molecule has 1 aliphatic rings. The second-order valence-corrected chi connectivity index (χ2v) is 5.28. The van der Waals surface area contributed by atoms with Gasteiger partial charge in [0.05, 0.1) is 19.9 Å². The van der Waals surface area contributed by atoms with E-state index >= 15 is 0 Å². The maximum absolute atomic E-state index is 12.3. The molecule has 0 spiro atoms. The van der Waals surface area contributed by atoms with Crippen LogP contribution in [0.3, 0.4) is 0 Å². The van der Waals surface area contributed by atoms with Gasteiger partial charge in [0.2, 0.25) is 0 Å². The minimum Gasteiger partial charge on any atom is -0.491 e. The number of hydrogen-bond acceptors (Lipinski definition) is 5. The molecule has 0 saturated carbocycles. The average molecular weight is 333 g/mol. The van der Waals surface area contributed by atoms with Crippen LogP contribution in [0.1, 0.15) is 6.42 Å². The molecule has 7 nitrogen and oxygen atoms in total. The quantitative estimate of drug-likeness (QED) is 0.853. The Balaban J connectivity index is 1.75. The molecule has 1 aliphatic heterocycles. The van der Waals surface area contributed by atoms with Gasteiger partial charge in [-0.1, -0.05) is 0 Å². The first-order valence-electron chi connectivity index (χ1n) is 7.05. The number of carbonyl (C=O) groups is 1. The topological polar surface area (TPSA) is 79.4 Å². The Labute approximate surface area is 131 Å². The molecule has 1 fully saturated rings. The summed E-state index contributed by atoms with van der Waals surface area (Å²) in [5, 5.41) is 5.15. The van der Waals surface area contributed by atoms with Gasteiger partial charge >= 0.3 is 12.2 Å². The molecule has 1 aromatic rings. The van der Waals surface area contributed by atoms with Crippen molar-refractivity contribution >= 4 is 11.8 Å². The molecule has 0 radical (unpaired) electrons. The number of nitrogens with one attached hydrogen (secondary N) is 2. The number of carbonyl (C=O) groups excluding carboxylic acids is 1. The average Bonchev–Trinajstić information content (AvgIpc) is 2.91. The van der Waals surface area contributed by atoms with Crippen molar-refractivity contribution in [3.05, 3.63) is 12.5 Å². The lowest BCUT2D eigenvalue weighted by Gasteiger charge is -2.18. The Morgan fingerprint density at radius 3 is 3.00 bits per heavy atom. The molecule has 1 atom stereocenters. The predicted molar refractivity (Wildman–Crippen MR) is 76.2 cm³/mol. The van der Waals surface area contributed by atoms with Crippen molar-refractivity contribution in [3.8, 4) is 5.75 Å². The van der Waals surface area contributed by atoms with E-state index in [9.17, 15) is 18.0 Å². The van der Waals surface area contributed by atoms with Crippen LogP contribution in [0.15, 0.2) is 12.5 Å². The van der Waals surface area contributed by atoms with Crippen LogP contribution in [-0.2, 0) is 0 Å². The number of nitrogens with zero attached hydrogens (tertiary/aromatic N) is 3.